The van der Waals surface area contributed by atoms with E-state index < -0.39 is 0 Å². The topological polar surface area (TPSA) is 91.5 Å². The van der Waals surface area contributed by atoms with E-state index >= 15 is 0 Å². The molecule has 2 amide bonds. The Morgan fingerprint density at radius 2 is 2.30 bits per heavy atom. The molecule has 1 atom stereocenters. The molecule has 1 aromatic carbocycles. The van der Waals surface area contributed by atoms with Crippen molar-refractivity contribution in [3.8, 4) is 5.75 Å². The molecule has 0 radical (unpaired) electrons. The number of hydrogen-bond acceptors (Lipinski definition) is 6. The number of amides is 2. The lowest BCUT2D eigenvalue weighted by Gasteiger charge is -2.18. The Hall–Kier alpha value is -3.55. The van der Waals surface area contributed by atoms with E-state index in [4.69, 9.17) is 9.15 Å². The summed E-state index contributed by atoms with van der Waals surface area (Å²) in [4.78, 5) is 16.5. The number of hydrogen-bond donors (Lipinski definition) is 2. The predicted molar refractivity (Wildman–Crippen MR) is 101 cm³/mol. The molecule has 27 heavy (non-hydrogen) atoms. The van der Waals surface area contributed by atoms with Gasteiger partial charge in [0.05, 0.1) is 31.9 Å². The summed E-state index contributed by atoms with van der Waals surface area (Å²) < 4.78 is 10.2. The van der Waals surface area contributed by atoms with Crippen LogP contribution < -0.4 is 15.4 Å². The standard InChI is InChI=1S/C19H19N5O3/c1-26-15-4-2-3-14(9-15)16-5-6-18-21-17(11-24(18)23-16)22-19(25)20-10-13-7-8-27-12-13/h2-9,12,17H,10-11H2,1H3,(H2,20,22,25). The molecule has 0 saturated carbocycles. The quantitative estimate of drug-likeness (QED) is 0.849. The highest BCUT2D eigenvalue weighted by Gasteiger charge is 2.27. The fraction of sp³-hybridized carbons (Fsp3) is 0.211. The van der Waals surface area contributed by atoms with Gasteiger partial charge in [-0.05, 0) is 30.4 Å². The van der Waals surface area contributed by atoms with E-state index in [1.54, 1.807) is 30.7 Å². The molecule has 0 aliphatic carbocycles. The third-order valence-electron chi connectivity index (χ3n) is 4.21. The van der Waals surface area contributed by atoms with Gasteiger partial charge in [0.25, 0.3) is 0 Å². The largest absolute Gasteiger partial charge is 0.497 e. The molecule has 8 heteroatoms. The zero-order valence-corrected chi connectivity index (χ0v) is 14.8. The van der Waals surface area contributed by atoms with E-state index in [0.29, 0.717) is 13.1 Å². The molecular formula is C19H19N5O3. The number of furan rings is 1. The van der Waals surface area contributed by atoms with Gasteiger partial charge in [0.15, 0.2) is 0 Å². The number of carbonyl (C=O) groups excluding carboxylic acids is 1. The summed E-state index contributed by atoms with van der Waals surface area (Å²) >= 11 is 0. The predicted octanol–water partition coefficient (Wildman–Crippen LogP) is 2.10. The maximum Gasteiger partial charge on any atom is 0.316 e. The number of urea groups is 1. The molecular weight excluding hydrogens is 346 g/mol. The highest BCUT2D eigenvalue weighted by atomic mass is 16.5. The van der Waals surface area contributed by atoms with Crippen LogP contribution in [-0.2, 0) is 6.54 Å². The van der Waals surface area contributed by atoms with Gasteiger partial charge in [-0.2, -0.15) is 5.10 Å². The van der Waals surface area contributed by atoms with Gasteiger partial charge in [0.2, 0.25) is 0 Å². The first-order valence-corrected chi connectivity index (χ1v) is 8.53. The molecule has 8 nitrogen and oxygen atoms in total. The Morgan fingerprint density at radius 1 is 1.37 bits per heavy atom. The van der Waals surface area contributed by atoms with Crippen LogP contribution in [0.15, 0.2) is 69.5 Å². The minimum atomic E-state index is -0.359. The van der Waals surface area contributed by atoms with Crippen molar-refractivity contribution < 1.29 is 13.9 Å². The van der Waals surface area contributed by atoms with Crippen LogP contribution in [0.1, 0.15) is 11.1 Å². The number of rotatable bonds is 5. The number of fused-ring (bicyclic) bond motifs is 1. The van der Waals surface area contributed by atoms with Crippen molar-refractivity contribution in [2.45, 2.75) is 12.7 Å². The molecule has 1 aromatic heterocycles. The van der Waals surface area contributed by atoms with E-state index in [9.17, 15) is 4.79 Å². The first-order valence-electron chi connectivity index (χ1n) is 8.53. The van der Waals surface area contributed by atoms with Gasteiger partial charge in [0, 0.05) is 17.7 Å². The number of ether oxygens (including phenoxy) is 1. The van der Waals surface area contributed by atoms with E-state index in [2.05, 4.69) is 20.7 Å². The third kappa shape index (κ3) is 3.84. The monoisotopic (exact) mass is 365 g/mol. The molecule has 3 heterocycles. The normalized spacial score (nSPS) is 17.8. The van der Waals surface area contributed by atoms with Gasteiger partial charge >= 0.3 is 6.03 Å². The van der Waals surface area contributed by atoms with E-state index in [1.165, 1.54) is 0 Å². The Morgan fingerprint density at radius 3 is 3.11 bits per heavy atom. The van der Waals surface area contributed by atoms with Gasteiger partial charge < -0.3 is 19.8 Å². The summed E-state index contributed by atoms with van der Waals surface area (Å²) in [6, 6.07) is 9.24. The van der Waals surface area contributed by atoms with Crippen LogP contribution in [-0.4, -0.2) is 42.4 Å². The van der Waals surface area contributed by atoms with Gasteiger partial charge in [0.1, 0.15) is 17.8 Å². The number of aliphatic imine (C=N–C) groups is 1. The van der Waals surface area contributed by atoms with Gasteiger partial charge in [-0.15, -0.1) is 0 Å². The Kier molecular flexibility index (Phi) is 4.61. The van der Waals surface area contributed by atoms with Crippen LogP contribution in [0, 0.1) is 0 Å². The first kappa shape index (κ1) is 16.9. The lowest BCUT2D eigenvalue weighted by molar-refractivity contribution is 0.236. The molecule has 0 spiro atoms. The molecule has 2 aromatic rings. The van der Waals surface area contributed by atoms with Gasteiger partial charge in [-0.3, -0.25) is 0 Å². The fourth-order valence-corrected chi connectivity index (χ4v) is 2.85. The lowest BCUT2D eigenvalue weighted by Crippen LogP contribution is -2.43. The van der Waals surface area contributed by atoms with E-state index in [-0.39, 0.29) is 12.2 Å². The van der Waals surface area contributed by atoms with Crippen LogP contribution in [0.2, 0.25) is 0 Å². The molecule has 2 N–H and O–H groups in total. The Labute approximate surface area is 156 Å². The van der Waals surface area contributed by atoms with Crippen molar-refractivity contribution in [2.75, 3.05) is 13.7 Å². The summed E-state index contributed by atoms with van der Waals surface area (Å²) in [5.41, 5.74) is 2.67. The van der Waals surface area contributed by atoms with Crippen molar-refractivity contribution in [2.24, 2.45) is 10.1 Å². The number of allylic oxidation sites excluding steroid dienone is 1. The number of nitrogens with one attached hydrogen (secondary N) is 2. The second-order valence-corrected chi connectivity index (χ2v) is 6.09. The molecule has 0 saturated heterocycles. The number of benzene rings is 1. The van der Waals surface area contributed by atoms with Crippen molar-refractivity contribution in [3.63, 3.8) is 0 Å². The third-order valence-corrected chi connectivity index (χ3v) is 4.21. The van der Waals surface area contributed by atoms with Gasteiger partial charge in [-0.25, -0.2) is 14.8 Å². The SMILES string of the molecule is COc1cccc(C2=NN3CC(NC(=O)NCc4ccoc4)N=C3C=C2)c1. The average Bonchev–Trinajstić information content (AvgIpc) is 3.35. The highest BCUT2D eigenvalue weighted by molar-refractivity contribution is 6.14. The maximum atomic E-state index is 12.0. The van der Waals surface area contributed by atoms with E-state index in [0.717, 1.165) is 28.4 Å². The first-order chi connectivity index (χ1) is 13.2. The molecule has 2 aliphatic heterocycles. The van der Waals surface area contributed by atoms with Crippen molar-refractivity contribution in [3.05, 3.63) is 66.1 Å². The summed E-state index contributed by atoms with van der Waals surface area (Å²) in [6.07, 6.45) is 6.61. The highest BCUT2D eigenvalue weighted by Crippen LogP contribution is 2.19. The van der Waals surface area contributed by atoms with Crippen molar-refractivity contribution in [1.82, 2.24) is 15.6 Å². The molecule has 4 rings (SSSR count). The Bertz CT molecular complexity index is 917. The van der Waals surface area contributed by atoms with Crippen LogP contribution in [0.4, 0.5) is 4.79 Å². The zero-order chi connectivity index (χ0) is 18.6. The molecule has 0 bridgehead atoms. The van der Waals surface area contributed by atoms with Crippen LogP contribution >= 0.6 is 0 Å². The van der Waals surface area contributed by atoms with Crippen LogP contribution in [0.25, 0.3) is 0 Å². The lowest BCUT2D eigenvalue weighted by atomic mass is 10.1. The van der Waals surface area contributed by atoms with Gasteiger partial charge in [-0.1, -0.05) is 12.1 Å². The van der Waals surface area contributed by atoms with Crippen LogP contribution in [0.3, 0.4) is 0 Å². The molecule has 2 aliphatic rings. The maximum absolute atomic E-state index is 12.0. The number of hydrazone groups is 1. The smallest absolute Gasteiger partial charge is 0.316 e. The summed E-state index contributed by atoms with van der Waals surface area (Å²) in [6.45, 7) is 0.875. The molecule has 138 valence electrons. The Balaban J connectivity index is 1.37. The second-order valence-electron chi connectivity index (χ2n) is 6.09. The zero-order valence-electron chi connectivity index (χ0n) is 14.8. The average molecular weight is 365 g/mol. The van der Waals surface area contributed by atoms with Crippen molar-refractivity contribution in [1.29, 1.82) is 0 Å². The minimum absolute atomic E-state index is 0.286. The summed E-state index contributed by atoms with van der Waals surface area (Å²) in [5, 5.41) is 12.0. The van der Waals surface area contributed by atoms with Crippen LogP contribution in [0.5, 0.6) is 5.75 Å². The van der Waals surface area contributed by atoms with E-state index in [1.807, 2.05) is 36.4 Å². The molecule has 1 unspecified atom stereocenters. The minimum Gasteiger partial charge on any atom is -0.497 e. The van der Waals surface area contributed by atoms with Crippen molar-refractivity contribution >= 4 is 17.6 Å². The number of methoxy groups -OCH3 is 1. The fourth-order valence-electron chi connectivity index (χ4n) is 2.85. The number of nitrogens with zero attached hydrogens (tertiary/aromatic N) is 3. The molecule has 0 fully saturated rings. The number of carbonyl (C=O) groups is 1. The summed E-state index contributed by atoms with van der Waals surface area (Å²) in [5.74, 6) is 1.50. The second kappa shape index (κ2) is 7.36. The number of amidine groups is 1. The summed E-state index contributed by atoms with van der Waals surface area (Å²) in [7, 11) is 1.64.